The summed E-state index contributed by atoms with van der Waals surface area (Å²) in [6, 6.07) is 5.85. The van der Waals surface area contributed by atoms with Gasteiger partial charge in [-0.05, 0) is 29.8 Å². The Morgan fingerprint density at radius 3 is 2.41 bits per heavy atom. The molecule has 3 aromatic rings. The monoisotopic (exact) mass is 401 g/mol. The maximum Gasteiger partial charge on any atom is 0.409 e. The fourth-order valence-corrected chi connectivity index (χ4v) is 4.56. The highest BCUT2D eigenvalue weighted by Gasteiger charge is 2.49. The van der Waals surface area contributed by atoms with E-state index in [-0.39, 0.29) is 16.2 Å². The summed E-state index contributed by atoms with van der Waals surface area (Å²) in [7, 11) is -4.55. The first-order valence-electron chi connectivity index (χ1n) is 7.92. The number of benzene rings is 1. The third-order valence-electron chi connectivity index (χ3n) is 4.05. The number of nitrogens with zero attached hydrogens (tertiary/aromatic N) is 3. The smallest absolute Gasteiger partial charge is 0.289 e. The van der Waals surface area contributed by atoms with Crippen LogP contribution in [0.1, 0.15) is 18.5 Å². The molecule has 0 spiro atoms. The second-order valence-electron chi connectivity index (χ2n) is 5.73. The van der Waals surface area contributed by atoms with Gasteiger partial charge in [0.15, 0.2) is 5.03 Å². The molecule has 0 unspecified atom stereocenters. The molecule has 10 heteroatoms. The molecule has 0 amide bonds. The summed E-state index contributed by atoms with van der Waals surface area (Å²) in [5.74, 6) is -0.715. The summed E-state index contributed by atoms with van der Waals surface area (Å²) >= 11 is 0. The zero-order valence-electron chi connectivity index (χ0n) is 14.1. The van der Waals surface area contributed by atoms with Crippen molar-refractivity contribution in [1.29, 1.82) is 0 Å². The average Bonchev–Trinajstić information content (AvgIpc) is 3.04. The molecule has 1 aromatic carbocycles. The number of sulfonamides is 1. The van der Waals surface area contributed by atoms with E-state index in [4.69, 9.17) is 0 Å². The van der Waals surface area contributed by atoms with Gasteiger partial charge in [0, 0.05) is 12.7 Å². The van der Waals surface area contributed by atoms with Crippen LogP contribution in [0.5, 0.6) is 0 Å². The largest absolute Gasteiger partial charge is 0.409 e. The summed E-state index contributed by atoms with van der Waals surface area (Å²) in [6.07, 6.45) is -2.48. The Kier molecular flexibility index (Phi) is 4.96. The van der Waals surface area contributed by atoms with Crippen molar-refractivity contribution in [3.8, 4) is 0 Å². The molecule has 3 rings (SSSR count). The van der Waals surface area contributed by atoms with Crippen LogP contribution < -0.4 is 0 Å². The first-order chi connectivity index (χ1) is 12.7. The van der Waals surface area contributed by atoms with E-state index in [1.807, 2.05) is 0 Å². The van der Waals surface area contributed by atoms with Gasteiger partial charge in [-0.25, -0.2) is 17.8 Å². The van der Waals surface area contributed by atoms with Gasteiger partial charge in [-0.2, -0.15) is 17.5 Å². The van der Waals surface area contributed by atoms with Crippen LogP contribution in [0.3, 0.4) is 0 Å². The van der Waals surface area contributed by atoms with E-state index >= 15 is 0 Å². The SMILES string of the molecule is CCN([C@H](c1ccc(F)cc1)C(F)(F)F)S(=O)(=O)c1cnc2ccccn12. The summed E-state index contributed by atoms with van der Waals surface area (Å²) in [6.45, 7) is 0.868. The third-order valence-corrected chi connectivity index (χ3v) is 5.97. The van der Waals surface area contributed by atoms with Gasteiger partial charge in [0.2, 0.25) is 0 Å². The molecule has 0 radical (unpaired) electrons. The molecular weight excluding hydrogens is 386 g/mol. The number of hydrogen-bond donors (Lipinski definition) is 0. The average molecular weight is 401 g/mol. The molecule has 144 valence electrons. The van der Waals surface area contributed by atoms with Crippen LogP contribution >= 0.6 is 0 Å². The molecule has 0 saturated heterocycles. The Morgan fingerprint density at radius 2 is 1.81 bits per heavy atom. The lowest BCUT2D eigenvalue weighted by molar-refractivity contribution is -0.173. The van der Waals surface area contributed by atoms with Gasteiger partial charge in [0.1, 0.15) is 17.5 Å². The van der Waals surface area contributed by atoms with Crippen LogP contribution in [0.4, 0.5) is 17.6 Å². The standard InChI is InChI=1S/C17H15F4N3O2S/c1-2-24(16(17(19,20)21)12-6-8-13(18)9-7-12)27(25,26)15-11-22-14-5-3-4-10-23(14)15/h3-11,16H,2H2,1H3/t16-/m1/s1. The zero-order valence-corrected chi connectivity index (χ0v) is 14.9. The number of pyridine rings is 1. The van der Waals surface area contributed by atoms with Gasteiger partial charge in [-0.1, -0.05) is 25.1 Å². The van der Waals surface area contributed by atoms with E-state index < -0.39 is 34.6 Å². The van der Waals surface area contributed by atoms with Crippen molar-refractivity contribution in [2.24, 2.45) is 0 Å². The minimum atomic E-state index is -4.90. The lowest BCUT2D eigenvalue weighted by atomic mass is 10.1. The molecule has 0 aliphatic carbocycles. The summed E-state index contributed by atoms with van der Waals surface area (Å²) in [5, 5.41) is -0.378. The number of imidazole rings is 1. The van der Waals surface area contributed by atoms with Crippen molar-refractivity contribution < 1.29 is 26.0 Å². The van der Waals surface area contributed by atoms with Crippen molar-refractivity contribution in [3.63, 3.8) is 0 Å². The van der Waals surface area contributed by atoms with Crippen molar-refractivity contribution in [3.05, 3.63) is 66.2 Å². The molecule has 0 aliphatic rings. The second kappa shape index (κ2) is 6.93. The highest BCUT2D eigenvalue weighted by molar-refractivity contribution is 7.89. The first kappa shape index (κ1) is 19.3. The minimum absolute atomic E-state index is 0.289. The molecule has 27 heavy (non-hydrogen) atoms. The number of rotatable bonds is 5. The van der Waals surface area contributed by atoms with Gasteiger partial charge in [0.25, 0.3) is 10.0 Å². The van der Waals surface area contributed by atoms with E-state index in [1.54, 1.807) is 12.1 Å². The predicted octanol–water partition coefficient (Wildman–Crippen LogP) is 3.79. The van der Waals surface area contributed by atoms with Gasteiger partial charge < -0.3 is 0 Å². The Bertz CT molecular complexity index is 1050. The van der Waals surface area contributed by atoms with Crippen LogP contribution in [0, 0.1) is 5.82 Å². The fourth-order valence-electron chi connectivity index (χ4n) is 2.88. The van der Waals surface area contributed by atoms with E-state index in [2.05, 4.69) is 4.98 Å². The Hall–Kier alpha value is -2.46. The molecule has 1 atom stereocenters. The predicted molar refractivity (Wildman–Crippen MR) is 90.0 cm³/mol. The quantitative estimate of drug-likeness (QED) is 0.612. The van der Waals surface area contributed by atoms with Crippen molar-refractivity contribution in [1.82, 2.24) is 13.7 Å². The Balaban J connectivity index is 2.16. The van der Waals surface area contributed by atoms with Gasteiger partial charge >= 0.3 is 6.18 Å². The molecule has 0 bridgehead atoms. The van der Waals surface area contributed by atoms with E-state index in [1.165, 1.54) is 23.6 Å². The highest BCUT2D eigenvalue weighted by Crippen LogP contribution is 2.40. The molecule has 0 fully saturated rings. The number of hydrogen-bond acceptors (Lipinski definition) is 3. The normalized spacial score (nSPS) is 14.0. The van der Waals surface area contributed by atoms with Crippen molar-refractivity contribution in [2.75, 3.05) is 6.54 Å². The number of aromatic nitrogens is 2. The van der Waals surface area contributed by atoms with Gasteiger partial charge in [0.05, 0.1) is 6.20 Å². The van der Waals surface area contributed by atoms with Gasteiger partial charge in [-0.3, -0.25) is 4.40 Å². The van der Waals surface area contributed by atoms with Gasteiger partial charge in [-0.15, -0.1) is 0 Å². The molecule has 2 aromatic heterocycles. The lowest BCUT2D eigenvalue weighted by Crippen LogP contribution is -2.42. The first-order valence-corrected chi connectivity index (χ1v) is 9.36. The molecule has 2 heterocycles. The number of alkyl halides is 3. The molecule has 0 saturated carbocycles. The van der Waals surface area contributed by atoms with Crippen LogP contribution in [-0.2, 0) is 10.0 Å². The van der Waals surface area contributed by atoms with E-state index in [9.17, 15) is 26.0 Å². The van der Waals surface area contributed by atoms with Crippen molar-refractivity contribution in [2.45, 2.75) is 24.2 Å². The lowest BCUT2D eigenvalue weighted by Gasteiger charge is -2.31. The number of fused-ring (bicyclic) bond motifs is 1. The van der Waals surface area contributed by atoms with Crippen LogP contribution in [0.25, 0.3) is 5.65 Å². The maximum atomic E-state index is 13.8. The van der Waals surface area contributed by atoms with Crippen molar-refractivity contribution >= 4 is 15.7 Å². The van der Waals surface area contributed by atoms with E-state index in [0.29, 0.717) is 4.31 Å². The fraction of sp³-hybridized carbons (Fsp3) is 0.235. The Labute approximate surface area is 152 Å². The molecular formula is C17H15F4N3O2S. The van der Waals surface area contributed by atoms with E-state index in [0.717, 1.165) is 30.5 Å². The summed E-state index contributed by atoms with van der Waals surface area (Å²) in [4.78, 5) is 3.93. The van der Waals surface area contributed by atoms with Crippen LogP contribution in [-0.4, -0.2) is 34.8 Å². The molecule has 5 nitrogen and oxygen atoms in total. The summed E-state index contributed by atoms with van der Waals surface area (Å²) in [5.41, 5.74) is -0.0828. The minimum Gasteiger partial charge on any atom is -0.289 e. The Morgan fingerprint density at radius 1 is 1.15 bits per heavy atom. The van der Waals surface area contributed by atoms with Crippen LogP contribution in [0.15, 0.2) is 59.9 Å². The zero-order chi connectivity index (χ0) is 19.8. The van der Waals surface area contributed by atoms with Crippen LogP contribution in [0.2, 0.25) is 0 Å². The highest BCUT2D eigenvalue weighted by atomic mass is 32.2. The maximum absolute atomic E-state index is 13.8. The molecule has 0 aliphatic heterocycles. The summed E-state index contributed by atoms with van der Waals surface area (Å²) < 4.78 is 82.2. The molecule has 0 N–H and O–H groups in total. The number of halogens is 4. The second-order valence-corrected chi connectivity index (χ2v) is 7.57. The topological polar surface area (TPSA) is 54.7 Å². The third kappa shape index (κ3) is 3.54.